The summed E-state index contributed by atoms with van der Waals surface area (Å²) in [4.78, 5) is 0. The molecule has 2 N–H and O–H groups in total. The number of ether oxygens (including phenoxy) is 1. The van der Waals surface area contributed by atoms with E-state index in [1.165, 1.54) is 30.3 Å². The highest BCUT2D eigenvalue weighted by atomic mass is 19.1. The lowest BCUT2D eigenvalue weighted by molar-refractivity contribution is 0.108. The van der Waals surface area contributed by atoms with Crippen molar-refractivity contribution in [2.24, 2.45) is 0 Å². The van der Waals surface area contributed by atoms with E-state index in [-0.39, 0.29) is 12.4 Å². The minimum atomic E-state index is -0.914. The summed E-state index contributed by atoms with van der Waals surface area (Å²) in [6.45, 7) is -0.00704. The maximum atomic E-state index is 13.0. The molecule has 94 valence electrons. The molecule has 0 saturated carbocycles. The van der Waals surface area contributed by atoms with Crippen molar-refractivity contribution in [3.63, 3.8) is 0 Å². The van der Waals surface area contributed by atoms with Crippen LogP contribution in [0.3, 0.4) is 0 Å². The Morgan fingerprint density at radius 2 is 1.89 bits per heavy atom. The molecule has 0 aliphatic carbocycles. The summed E-state index contributed by atoms with van der Waals surface area (Å²) >= 11 is 0. The van der Waals surface area contributed by atoms with Gasteiger partial charge in [-0.3, -0.25) is 0 Å². The first kappa shape index (κ1) is 12.4. The second kappa shape index (κ2) is 5.51. The van der Waals surface area contributed by atoms with Crippen LogP contribution < -0.4 is 4.74 Å². The molecule has 3 nitrogen and oxygen atoms in total. The van der Waals surface area contributed by atoms with Gasteiger partial charge in [0, 0.05) is 6.07 Å². The maximum absolute atomic E-state index is 13.0. The van der Waals surface area contributed by atoms with Crippen molar-refractivity contribution in [1.29, 1.82) is 0 Å². The van der Waals surface area contributed by atoms with Crippen molar-refractivity contribution < 1.29 is 19.3 Å². The maximum Gasteiger partial charge on any atom is 0.123 e. The third-order valence-corrected chi connectivity index (χ3v) is 2.46. The first-order valence-corrected chi connectivity index (χ1v) is 5.50. The number of benzene rings is 2. The lowest BCUT2D eigenvalue weighted by Crippen LogP contribution is -2.09. The zero-order valence-electron chi connectivity index (χ0n) is 9.58. The Labute approximate surface area is 104 Å². The normalized spacial score (nSPS) is 12.1. The van der Waals surface area contributed by atoms with Crippen molar-refractivity contribution in [2.45, 2.75) is 6.10 Å². The van der Waals surface area contributed by atoms with E-state index in [1.54, 1.807) is 18.2 Å². The van der Waals surface area contributed by atoms with Gasteiger partial charge in [-0.2, -0.15) is 0 Å². The standard InChI is InChI=1S/C14H13FO3/c15-11-4-1-3-10(7-11)14(17)9-18-13-6-2-5-12(16)8-13/h1-8,14,16-17H,9H2. The third kappa shape index (κ3) is 3.21. The van der Waals surface area contributed by atoms with E-state index in [4.69, 9.17) is 4.74 Å². The predicted octanol–water partition coefficient (Wildman–Crippen LogP) is 2.64. The molecule has 0 spiro atoms. The molecule has 0 aliphatic rings. The quantitative estimate of drug-likeness (QED) is 0.874. The van der Waals surface area contributed by atoms with Gasteiger partial charge in [0.15, 0.2) is 0 Å². The predicted molar refractivity (Wildman–Crippen MR) is 65.0 cm³/mol. The molecule has 2 aromatic carbocycles. The highest BCUT2D eigenvalue weighted by molar-refractivity contribution is 5.31. The molecule has 4 heteroatoms. The average Bonchev–Trinajstić information content (AvgIpc) is 2.36. The van der Waals surface area contributed by atoms with E-state index in [2.05, 4.69) is 0 Å². The fourth-order valence-corrected chi connectivity index (χ4v) is 1.56. The highest BCUT2D eigenvalue weighted by Crippen LogP contribution is 2.20. The number of aromatic hydroxyl groups is 1. The van der Waals surface area contributed by atoms with Crippen LogP contribution in [0.2, 0.25) is 0 Å². The monoisotopic (exact) mass is 248 g/mol. The molecule has 2 rings (SSSR count). The molecule has 0 saturated heterocycles. The van der Waals surface area contributed by atoms with Crippen LogP contribution in [0, 0.1) is 5.82 Å². The molecule has 0 amide bonds. The number of hydrogen-bond acceptors (Lipinski definition) is 3. The van der Waals surface area contributed by atoms with Gasteiger partial charge in [-0.25, -0.2) is 4.39 Å². The number of halogens is 1. The summed E-state index contributed by atoms with van der Waals surface area (Å²) in [7, 11) is 0. The Bertz CT molecular complexity index is 528. The molecule has 1 unspecified atom stereocenters. The molecule has 0 bridgehead atoms. The van der Waals surface area contributed by atoms with Crippen molar-refractivity contribution in [1.82, 2.24) is 0 Å². The Morgan fingerprint density at radius 1 is 1.11 bits per heavy atom. The molecule has 18 heavy (non-hydrogen) atoms. The second-order valence-electron chi connectivity index (χ2n) is 3.88. The van der Waals surface area contributed by atoms with Crippen molar-refractivity contribution >= 4 is 0 Å². The van der Waals surface area contributed by atoms with E-state index in [9.17, 15) is 14.6 Å². The molecule has 0 radical (unpaired) electrons. The van der Waals surface area contributed by atoms with Gasteiger partial charge in [0.1, 0.15) is 30.0 Å². The topological polar surface area (TPSA) is 49.7 Å². The van der Waals surface area contributed by atoms with Gasteiger partial charge in [0.25, 0.3) is 0 Å². The van der Waals surface area contributed by atoms with Crippen LogP contribution in [0.1, 0.15) is 11.7 Å². The summed E-state index contributed by atoms with van der Waals surface area (Å²) in [5.41, 5.74) is 0.454. The summed E-state index contributed by atoms with van der Waals surface area (Å²) in [6, 6.07) is 12.0. The van der Waals surface area contributed by atoms with Crippen molar-refractivity contribution in [2.75, 3.05) is 6.61 Å². The number of aliphatic hydroxyl groups is 1. The van der Waals surface area contributed by atoms with E-state index in [1.807, 2.05) is 0 Å². The Kier molecular flexibility index (Phi) is 3.79. The zero-order valence-corrected chi connectivity index (χ0v) is 9.58. The highest BCUT2D eigenvalue weighted by Gasteiger charge is 2.09. The van der Waals surface area contributed by atoms with Gasteiger partial charge in [0.2, 0.25) is 0 Å². The first-order chi connectivity index (χ1) is 8.65. The Balaban J connectivity index is 1.98. The van der Waals surface area contributed by atoms with E-state index in [0.29, 0.717) is 11.3 Å². The van der Waals surface area contributed by atoms with Crippen LogP contribution in [0.15, 0.2) is 48.5 Å². The molecule has 1 atom stereocenters. The molecule has 0 heterocycles. The van der Waals surface area contributed by atoms with Crippen LogP contribution in [0.5, 0.6) is 11.5 Å². The van der Waals surface area contributed by atoms with E-state index < -0.39 is 11.9 Å². The van der Waals surface area contributed by atoms with Gasteiger partial charge in [-0.15, -0.1) is 0 Å². The second-order valence-corrected chi connectivity index (χ2v) is 3.88. The molecular formula is C14H13FO3. The number of rotatable bonds is 4. The first-order valence-electron chi connectivity index (χ1n) is 5.50. The third-order valence-electron chi connectivity index (χ3n) is 2.46. The van der Waals surface area contributed by atoms with Crippen LogP contribution in [0.25, 0.3) is 0 Å². The molecule has 0 fully saturated rings. The SMILES string of the molecule is Oc1cccc(OCC(O)c2cccc(F)c2)c1. The Hall–Kier alpha value is -2.07. The minimum Gasteiger partial charge on any atom is -0.508 e. The van der Waals surface area contributed by atoms with Gasteiger partial charge in [0.05, 0.1) is 0 Å². The molecule has 0 aliphatic heterocycles. The van der Waals surface area contributed by atoms with Gasteiger partial charge >= 0.3 is 0 Å². The van der Waals surface area contributed by atoms with E-state index in [0.717, 1.165) is 0 Å². The van der Waals surface area contributed by atoms with Crippen LogP contribution >= 0.6 is 0 Å². The summed E-state index contributed by atoms with van der Waals surface area (Å²) in [6.07, 6.45) is -0.914. The lowest BCUT2D eigenvalue weighted by Gasteiger charge is -2.12. The molecule has 0 aromatic heterocycles. The summed E-state index contributed by atoms with van der Waals surface area (Å²) < 4.78 is 18.3. The fourth-order valence-electron chi connectivity index (χ4n) is 1.56. The summed E-state index contributed by atoms with van der Waals surface area (Å²) in [5, 5.41) is 19.1. The minimum absolute atomic E-state index is 0.00704. The van der Waals surface area contributed by atoms with Crippen LogP contribution in [-0.4, -0.2) is 16.8 Å². The zero-order chi connectivity index (χ0) is 13.0. The van der Waals surface area contributed by atoms with Crippen LogP contribution in [-0.2, 0) is 0 Å². The largest absolute Gasteiger partial charge is 0.508 e. The van der Waals surface area contributed by atoms with Crippen LogP contribution in [0.4, 0.5) is 4.39 Å². The number of aliphatic hydroxyl groups excluding tert-OH is 1. The summed E-state index contributed by atoms with van der Waals surface area (Å²) in [5.74, 6) is 0.141. The lowest BCUT2D eigenvalue weighted by atomic mass is 10.1. The Morgan fingerprint density at radius 3 is 2.61 bits per heavy atom. The number of phenols is 1. The van der Waals surface area contributed by atoms with E-state index >= 15 is 0 Å². The molecule has 2 aromatic rings. The van der Waals surface area contributed by atoms with Gasteiger partial charge < -0.3 is 14.9 Å². The molecular weight excluding hydrogens is 235 g/mol. The fraction of sp³-hybridized carbons (Fsp3) is 0.143. The smallest absolute Gasteiger partial charge is 0.123 e. The number of phenolic OH excluding ortho intramolecular Hbond substituents is 1. The van der Waals surface area contributed by atoms with Crippen molar-refractivity contribution in [3.8, 4) is 11.5 Å². The number of hydrogen-bond donors (Lipinski definition) is 2. The van der Waals surface area contributed by atoms with Gasteiger partial charge in [-0.1, -0.05) is 18.2 Å². The average molecular weight is 248 g/mol. The van der Waals surface area contributed by atoms with Gasteiger partial charge in [-0.05, 0) is 29.8 Å². The van der Waals surface area contributed by atoms with Crippen molar-refractivity contribution in [3.05, 3.63) is 59.9 Å².